The highest BCUT2D eigenvalue weighted by atomic mass is 35.5. The molecular weight excluding hydrogens is 519 g/mol. The van der Waals surface area contributed by atoms with Gasteiger partial charge in [-0.2, -0.15) is 13.2 Å². The van der Waals surface area contributed by atoms with E-state index in [1.165, 1.54) is 11.8 Å². The Hall–Kier alpha value is -2.85. The van der Waals surface area contributed by atoms with Crippen LogP contribution in [0.5, 0.6) is 0 Å². The van der Waals surface area contributed by atoms with Crippen molar-refractivity contribution in [3.63, 3.8) is 0 Å². The number of anilines is 2. The van der Waals surface area contributed by atoms with Crippen LogP contribution in [0.3, 0.4) is 0 Å². The third-order valence-corrected chi connectivity index (χ3v) is 8.27. The van der Waals surface area contributed by atoms with Gasteiger partial charge in [0, 0.05) is 74.7 Å². The minimum Gasteiger partial charge on any atom is -0.382 e. The van der Waals surface area contributed by atoms with Crippen LogP contribution in [0.25, 0.3) is 0 Å². The molecule has 2 aromatic carbocycles. The summed E-state index contributed by atoms with van der Waals surface area (Å²) in [5, 5.41) is 6.35. The lowest BCUT2D eigenvalue weighted by Gasteiger charge is -2.33. The van der Waals surface area contributed by atoms with Gasteiger partial charge in [0.15, 0.2) is 0 Å². The van der Waals surface area contributed by atoms with E-state index in [4.69, 9.17) is 11.6 Å². The second-order valence-corrected chi connectivity index (χ2v) is 11.0. The number of nitrogens with zero attached hydrogens (tertiary/aromatic N) is 4. The molecule has 204 valence electrons. The van der Waals surface area contributed by atoms with E-state index in [0.29, 0.717) is 49.9 Å². The molecule has 3 fully saturated rings. The third kappa shape index (κ3) is 6.07. The third-order valence-electron chi connectivity index (χ3n) is 8.01. The lowest BCUT2D eigenvalue weighted by atomic mass is 10.0. The lowest BCUT2D eigenvalue weighted by molar-refractivity contribution is -0.137. The summed E-state index contributed by atoms with van der Waals surface area (Å²) in [7, 11) is 0. The molecule has 0 spiro atoms. The Bertz CT molecular complexity index is 1140. The summed E-state index contributed by atoms with van der Waals surface area (Å²) < 4.78 is 39.6. The highest BCUT2D eigenvalue weighted by molar-refractivity contribution is 6.30. The molecule has 11 heteroatoms. The molecule has 2 atom stereocenters. The molecule has 0 aliphatic carbocycles. The predicted molar refractivity (Wildman–Crippen MR) is 142 cm³/mol. The number of alkyl halides is 3. The first-order chi connectivity index (χ1) is 18.2. The van der Waals surface area contributed by atoms with E-state index in [2.05, 4.69) is 32.4 Å². The molecule has 1 amide bonds. The zero-order valence-electron chi connectivity index (χ0n) is 21.0. The molecule has 2 unspecified atom stereocenters. The van der Waals surface area contributed by atoms with Crippen LogP contribution in [-0.4, -0.2) is 67.6 Å². The standard InChI is InChI=1S/C27H31ClF3N5O2/c28-20-1-4-23(5-2-20)36-16-18-14-34(15-19(18)17-36)10-9-26(37)35-11-7-21(8-12-35)32-22-3-6-25(33-38)24(13-22)27(29,30)31/h1-6,13,18-19,21,32H,7-12,14-17H2. The van der Waals surface area contributed by atoms with Crippen molar-refractivity contribution in [3.8, 4) is 0 Å². The van der Waals surface area contributed by atoms with Crippen molar-refractivity contribution in [2.45, 2.75) is 31.5 Å². The molecule has 3 aliphatic heterocycles. The summed E-state index contributed by atoms with van der Waals surface area (Å²) in [6.07, 6.45) is -2.88. The maximum absolute atomic E-state index is 13.2. The zero-order chi connectivity index (χ0) is 26.9. The van der Waals surface area contributed by atoms with Gasteiger partial charge in [-0.1, -0.05) is 11.6 Å². The monoisotopic (exact) mass is 549 g/mol. The predicted octanol–water partition coefficient (Wildman–Crippen LogP) is 5.62. The van der Waals surface area contributed by atoms with Crippen LogP contribution in [0.1, 0.15) is 24.8 Å². The molecule has 3 heterocycles. The Morgan fingerprint density at radius 3 is 2.26 bits per heavy atom. The Morgan fingerprint density at radius 1 is 1.00 bits per heavy atom. The number of nitrogens with one attached hydrogen (secondary N) is 1. The van der Waals surface area contributed by atoms with Gasteiger partial charge in [-0.3, -0.25) is 4.79 Å². The van der Waals surface area contributed by atoms with Gasteiger partial charge in [-0.15, -0.1) is 4.91 Å². The van der Waals surface area contributed by atoms with Crippen LogP contribution in [0.15, 0.2) is 47.6 Å². The van der Waals surface area contributed by atoms with Crippen LogP contribution >= 0.6 is 11.6 Å². The minimum atomic E-state index is -4.65. The summed E-state index contributed by atoms with van der Waals surface area (Å²) in [6.45, 7) is 5.95. The molecule has 38 heavy (non-hydrogen) atoms. The van der Waals surface area contributed by atoms with Gasteiger partial charge < -0.3 is 20.0 Å². The molecular formula is C27H31ClF3N5O2. The summed E-state index contributed by atoms with van der Waals surface area (Å²) in [4.78, 5) is 30.3. The fourth-order valence-corrected chi connectivity index (χ4v) is 6.11. The number of halogens is 4. The topological polar surface area (TPSA) is 68.2 Å². The highest BCUT2D eigenvalue weighted by Gasteiger charge is 2.40. The van der Waals surface area contributed by atoms with Gasteiger partial charge >= 0.3 is 6.18 Å². The number of amides is 1. The van der Waals surface area contributed by atoms with Crippen LogP contribution in [0.2, 0.25) is 5.02 Å². The lowest BCUT2D eigenvalue weighted by Crippen LogP contribution is -2.43. The molecule has 7 nitrogen and oxygen atoms in total. The molecule has 3 saturated heterocycles. The van der Waals surface area contributed by atoms with Crippen LogP contribution in [0.4, 0.5) is 30.2 Å². The van der Waals surface area contributed by atoms with E-state index in [1.54, 1.807) is 0 Å². The average Bonchev–Trinajstić information content (AvgIpc) is 3.47. The number of carbonyl (C=O) groups excluding carboxylic acids is 1. The largest absolute Gasteiger partial charge is 0.418 e. The molecule has 0 saturated carbocycles. The highest BCUT2D eigenvalue weighted by Crippen LogP contribution is 2.38. The maximum Gasteiger partial charge on any atom is 0.418 e. The molecule has 0 aromatic heterocycles. The minimum absolute atomic E-state index is 0.0447. The smallest absolute Gasteiger partial charge is 0.382 e. The molecule has 1 N–H and O–H groups in total. The van der Waals surface area contributed by atoms with Crippen LogP contribution in [0, 0.1) is 16.7 Å². The van der Waals surface area contributed by atoms with E-state index < -0.39 is 17.4 Å². The number of hydrogen-bond acceptors (Lipinski definition) is 6. The Morgan fingerprint density at radius 2 is 1.66 bits per heavy atom. The fourth-order valence-electron chi connectivity index (χ4n) is 5.99. The number of likely N-dealkylation sites (tertiary alicyclic amines) is 2. The van der Waals surface area contributed by atoms with Crippen molar-refractivity contribution in [1.82, 2.24) is 9.80 Å². The van der Waals surface area contributed by atoms with Gasteiger partial charge in [0.25, 0.3) is 0 Å². The first kappa shape index (κ1) is 26.7. The molecule has 5 rings (SSSR count). The summed E-state index contributed by atoms with van der Waals surface area (Å²) >= 11 is 6.01. The number of carbonyl (C=O) groups is 1. The van der Waals surface area contributed by atoms with E-state index >= 15 is 0 Å². The van der Waals surface area contributed by atoms with E-state index in [0.717, 1.165) is 49.9 Å². The SMILES string of the molecule is O=Nc1ccc(NC2CCN(C(=O)CCN3CC4CN(c5ccc(Cl)cc5)CC4C3)CC2)cc1C(F)(F)F. The summed E-state index contributed by atoms with van der Waals surface area (Å²) in [5.41, 5.74) is -0.166. The van der Waals surface area contributed by atoms with Gasteiger partial charge in [0.1, 0.15) is 5.69 Å². The zero-order valence-corrected chi connectivity index (χ0v) is 21.7. The van der Waals surface area contributed by atoms with E-state index in [1.807, 2.05) is 17.0 Å². The van der Waals surface area contributed by atoms with Crippen molar-refractivity contribution >= 4 is 34.6 Å². The number of hydrogen-bond donors (Lipinski definition) is 1. The maximum atomic E-state index is 13.2. The van der Waals surface area contributed by atoms with Crippen LogP contribution < -0.4 is 10.2 Å². The Kier molecular flexibility index (Phi) is 7.81. The van der Waals surface area contributed by atoms with Crippen molar-refractivity contribution < 1.29 is 18.0 Å². The first-order valence-corrected chi connectivity index (χ1v) is 13.4. The van der Waals surface area contributed by atoms with E-state index in [-0.39, 0.29) is 11.9 Å². The van der Waals surface area contributed by atoms with Gasteiger partial charge in [0.05, 0.1) is 5.56 Å². The van der Waals surface area contributed by atoms with Crippen molar-refractivity contribution in [1.29, 1.82) is 0 Å². The summed E-state index contributed by atoms with van der Waals surface area (Å²) in [5.74, 6) is 1.35. The fraction of sp³-hybridized carbons (Fsp3) is 0.519. The first-order valence-electron chi connectivity index (χ1n) is 13.0. The molecule has 2 aromatic rings. The number of fused-ring (bicyclic) bond motifs is 1. The van der Waals surface area contributed by atoms with Crippen molar-refractivity contribution in [3.05, 3.63) is 58.0 Å². The summed E-state index contributed by atoms with van der Waals surface area (Å²) in [6, 6.07) is 11.4. The quantitative estimate of drug-likeness (QED) is 0.454. The molecule has 0 radical (unpaired) electrons. The van der Waals surface area contributed by atoms with E-state index in [9.17, 15) is 22.9 Å². The number of nitroso groups, excluding NO2 is 1. The Balaban J connectivity index is 1.04. The normalized spacial score (nSPS) is 22.5. The van der Waals surface area contributed by atoms with Crippen LogP contribution in [-0.2, 0) is 11.0 Å². The molecule has 0 bridgehead atoms. The van der Waals surface area contributed by atoms with Crippen molar-refractivity contribution in [2.24, 2.45) is 17.0 Å². The van der Waals surface area contributed by atoms with Crippen molar-refractivity contribution in [2.75, 3.05) is 56.0 Å². The number of piperidine rings is 1. The van der Waals surface area contributed by atoms with Gasteiger partial charge in [0.2, 0.25) is 5.91 Å². The van der Waals surface area contributed by atoms with Gasteiger partial charge in [-0.25, -0.2) is 0 Å². The average molecular weight is 550 g/mol. The second kappa shape index (κ2) is 11.1. The van der Waals surface area contributed by atoms with Gasteiger partial charge in [-0.05, 0) is 72.3 Å². The Labute approximate surface area is 224 Å². The molecule has 3 aliphatic rings. The number of benzene rings is 2. The second-order valence-electron chi connectivity index (χ2n) is 10.5. The number of rotatable bonds is 7.